The van der Waals surface area contributed by atoms with Gasteiger partial charge in [0.15, 0.2) is 6.17 Å². The Morgan fingerprint density at radius 1 is 0.919 bits per heavy atom. The predicted octanol–water partition coefficient (Wildman–Crippen LogP) is 6.46. The Bertz CT molecular complexity index is 1220. The summed E-state index contributed by atoms with van der Waals surface area (Å²) in [7, 11) is 0. The van der Waals surface area contributed by atoms with Crippen molar-refractivity contribution in [3.8, 4) is 11.4 Å². The first kappa shape index (κ1) is 23.5. The molecule has 5 aliphatic rings. The van der Waals surface area contributed by atoms with Crippen LogP contribution >= 0.6 is 0 Å². The van der Waals surface area contributed by atoms with E-state index in [0.717, 1.165) is 22.4 Å². The van der Waals surface area contributed by atoms with Gasteiger partial charge >= 0.3 is 0 Å². The van der Waals surface area contributed by atoms with Crippen LogP contribution in [-0.4, -0.2) is 36.7 Å². The number of anilines is 1. The van der Waals surface area contributed by atoms with Gasteiger partial charge in [0, 0.05) is 29.4 Å². The zero-order valence-corrected chi connectivity index (χ0v) is 22.4. The number of rotatable bonds is 3. The molecule has 7 unspecified atom stereocenters. The fourth-order valence-electron chi connectivity index (χ4n) is 8.25. The molecule has 2 saturated carbocycles. The van der Waals surface area contributed by atoms with Crippen LogP contribution in [0.5, 0.6) is 5.75 Å². The van der Waals surface area contributed by atoms with E-state index in [9.17, 15) is 9.59 Å². The Kier molecular flexibility index (Phi) is 5.38. The van der Waals surface area contributed by atoms with Crippen molar-refractivity contribution in [1.29, 1.82) is 0 Å². The van der Waals surface area contributed by atoms with Crippen molar-refractivity contribution in [3.63, 3.8) is 0 Å². The second kappa shape index (κ2) is 8.46. The molecule has 8 heteroatoms. The van der Waals surface area contributed by atoms with E-state index >= 15 is 0 Å². The van der Waals surface area contributed by atoms with E-state index in [1.165, 1.54) is 49.9 Å². The van der Waals surface area contributed by atoms with Crippen molar-refractivity contribution < 1.29 is 9.59 Å². The topological polar surface area (TPSA) is 50.6 Å². The van der Waals surface area contributed by atoms with Crippen LogP contribution in [0.25, 0.3) is 5.69 Å². The van der Waals surface area contributed by atoms with Crippen LogP contribution in [0.3, 0.4) is 0 Å². The molecule has 0 bridgehead atoms. The van der Waals surface area contributed by atoms with Gasteiger partial charge in [0.25, 0.3) is 0 Å². The summed E-state index contributed by atoms with van der Waals surface area (Å²) in [5.41, 5.74) is 4.22. The van der Waals surface area contributed by atoms with Crippen LogP contribution in [0.1, 0.15) is 89.6 Å². The van der Waals surface area contributed by atoms with Gasteiger partial charge in [-0.25, -0.2) is 4.98 Å². The number of imidazole rings is 1. The fraction of sp³-hybridized carbons (Fsp3) is 0.621. The number of nitrogens with zero attached hydrogens (tertiary/aromatic N) is 6. The largest absolute Gasteiger partial charge is 0.507 e. The maximum atomic E-state index is 14.4. The van der Waals surface area contributed by atoms with Crippen LogP contribution in [0, 0.1) is 29.6 Å². The number of hydrazine groups is 2. The van der Waals surface area contributed by atoms with Crippen LogP contribution < -0.4 is 4.90 Å². The van der Waals surface area contributed by atoms with Crippen molar-refractivity contribution in [2.45, 2.75) is 78.3 Å². The maximum Gasteiger partial charge on any atom is 0.216 e. The lowest BCUT2D eigenvalue weighted by Crippen LogP contribution is -2.42. The molecule has 0 radical (unpaired) electrons. The molecule has 1 saturated heterocycles. The summed E-state index contributed by atoms with van der Waals surface area (Å²) in [5.74, 6) is 4.11. The smallest absolute Gasteiger partial charge is 0.216 e. The number of aromatic hydroxyl groups is 1. The minimum atomic E-state index is -0.364. The highest BCUT2D eigenvalue weighted by Crippen LogP contribution is 2.56. The number of hydrogen-bond donors (Lipinski definition) is 1. The number of benzene rings is 1. The second-order valence-electron chi connectivity index (χ2n) is 12.4. The number of fused-ring (bicyclic) bond motifs is 6. The Morgan fingerprint density at radius 3 is 2.16 bits per heavy atom. The van der Waals surface area contributed by atoms with Gasteiger partial charge in [0.2, 0.25) is 5.95 Å². The van der Waals surface area contributed by atoms with Gasteiger partial charge in [-0.1, -0.05) is 72.3 Å². The van der Waals surface area contributed by atoms with Crippen molar-refractivity contribution in [3.05, 3.63) is 47.6 Å². The molecule has 7 atom stereocenters. The van der Waals surface area contributed by atoms with Crippen LogP contribution in [0.2, 0.25) is 0 Å². The lowest BCUT2D eigenvalue weighted by atomic mass is 9.71. The lowest BCUT2D eigenvalue weighted by Gasteiger charge is -2.43. The number of phenols is 1. The fourth-order valence-corrected chi connectivity index (χ4v) is 8.25. The van der Waals surface area contributed by atoms with E-state index in [1.54, 1.807) is 11.2 Å². The maximum absolute atomic E-state index is 14.4. The molecule has 7 rings (SSSR count). The molecule has 7 nitrogen and oxygen atoms in total. The minimum absolute atomic E-state index is 0.226. The average molecular weight is 507 g/mol. The molecular weight excluding hydrogens is 467 g/mol. The third-order valence-corrected chi connectivity index (χ3v) is 10.0. The molecule has 3 aliphatic heterocycles. The van der Waals surface area contributed by atoms with Gasteiger partial charge < -0.3 is 5.11 Å². The van der Waals surface area contributed by atoms with Crippen molar-refractivity contribution in [2.75, 3.05) is 11.6 Å². The van der Waals surface area contributed by atoms with Gasteiger partial charge in [-0.3, -0.25) is 14.5 Å². The van der Waals surface area contributed by atoms with Crippen LogP contribution in [0.15, 0.2) is 36.3 Å². The van der Waals surface area contributed by atoms with E-state index in [2.05, 4.69) is 55.6 Å². The molecule has 0 spiro atoms. The third-order valence-electron chi connectivity index (χ3n) is 10.0. The first-order chi connectivity index (χ1) is 17.9. The van der Waals surface area contributed by atoms with E-state index < -0.39 is 0 Å². The lowest BCUT2D eigenvalue weighted by molar-refractivity contribution is -0.0511. The van der Waals surface area contributed by atoms with Gasteiger partial charge in [0.1, 0.15) is 12.4 Å². The molecule has 2 aromatic rings. The van der Waals surface area contributed by atoms with E-state index in [1.807, 2.05) is 11.1 Å². The molecule has 2 aliphatic carbocycles. The highest BCUT2D eigenvalue weighted by atomic mass is 19.2. The van der Waals surface area contributed by atoms with E-state index in [-0.39, 0.29) is 18.6 Å². The normalized spacial score (nSPS) is 38.6. The quantitative estimate of drug-likeness (QED) is 0.381. The number of allylic oxidation sites excluding steroid dienone is 1. The average Bonchev–Trinajstić information content (AvgIpc) is 3.25. The second-order valence-corrected chi connectivity index (χ2v) is 12.4. The number of halogens is 1. The summed E-state index contributed by atoms with van der Waals surface area (Å²) in [4.78, 5) is 7.43. The van der Waals surface area contributed by atoms with Gasteiger partial charge in [-0.2, -0.15) is 0 Å². The van der Waals surface area contributed by atoms with E-state index in [4.69, 9.17) is 4.98 Å². The number of aromatic nitrogens is 2. The summed E-state index contributed by atoms with van der Waals surface area (Å²) in [6.07, 6.45) is 11.2. The Labute approximate surface area is 219 Å². The van der Waals surface area contributed by atoms with E-state index in [0.29, 0.717) is 35.5 Å². The van der Waals surface area contributed by atoms with Crippen molar-refractivity contribution in [2.24, 2.45) is 29.6 Å². The summed E-state index contributed by atoms with van der Waals surface area (Å²) in [6, 6.07) is 5.78. The van der Waals surface area contributed by atoms with Crippen LogP contribution in [0.4, 0.5) is 10.4 Å². The molecule has 0 amide bonds. The number of hydrogen-bond acceptors (Lipinski definition) is 6. The molecule has 1 aromatic carbocycles. The molecule has 198 valence electrons. The molecule has 3 fully saturated rings. The zero-order valence-electron chi connectivity index (χ0n) is 22.4. The first-order valence-electron chi connectivity index (χ1n) is 14.3. The highest BCUT2D eigenvalue weighted by molar-refractivity contribution is 5.66. The van der Waals surface area contributed by atoms with Crippen molar-refractivity contribution >= 4 is 5.95 Å². The first-order valence-corrected chi connectivity index (χ1v) is 14.3. The SMILES string of the molecule is CC1CCCC(C)C1C1=CN(N2CN2F)C2c3c(O)cccc3-n3c(C4C(C)CCCC4C)cnc3N12. The zero-order chi connectivity index (χ0) is 25.6. The summed E-state index contributed by atoms with van der Waals surface area (Å²) < 4.78 is 16.7. The molecule has 1 N–H and O–H groups in total. The third kappa shape index (κ3) is 3.41. The minimum Gasteiger partial charge on any atom is -0.507 e. The van der Waals surface area contributed by atoms with Gasteiger partial charge in [0.05, 0.1) is 17.4 Å². The molecule has 4 heterocycles. The monoisotopic (exact) mass is 506 g/mol. The summed E-state index contributed by atoms with van der Waals surface area (Å²) in [5, 5.41) is 15.6. The standard InChI is InChI=1S/C29H39FN6O/c1-17-8-5-9-18(2)25(17)22-14-31-29-35(22)21-12-7-13-24(37)27(21)28-32(34-16-33(34)30)15-23(36(28)29)26-19(3)10-6-11-20(26)4/h7,12-15,17-20,25-26,28,37H,5-6,8-11,16H2,1-4H3. The Morgan fingerprint density at radius 2 is 1.54 bits per heavy atom. The van der Waals surface area contributed by atoms with Crippen molar-refractivity contribution in [1.82, 2.24) is 24.9 Å². The highest BCUT2D eigenvalue weighted by Gasteiger charge is 2.53. The summed E-state index contributed by atoms with van der Waals surface area (Å²) >= 11 is 0. The predicted molar refractivity (Wildman–Crippen MR) is 141 cm³/mol. The van der Waals surface area contributed by atoms with Crippen LogP contribution in [-0.2, 0) is 0 Å². The Balaban J connectivity index is 1.43. The van der Waals surface area contributed by atoms with Gasteiger partial charge in [-0.05, 0) is 41.0 Å². The number of phenolic OH excluding ortho intramolecular Hbond substituents is 1. The molecule has 1 aromatic heterocycles. The summed E-state index contributed by atoms with van der Waals surface area (Å²) in [6.45, 7) is 9.69. The van der Waals surface area contributed by atoms with Gasteiger partial charge in [-0.15, -0.1) is 9.60 Å². The molecular formula is C29H39FN6O. The molecule has 37 heavy (non-hydrogen) atoms. The Hall–Kier alpha value is -2.58.